The van der Waals surface area contributed by atoms with E-state index >= 15 is 0 Å². The Balaban J connectivity index is 1.71. The zero-order chi connectivity index (χ0) is 19.4. The number of benzene rings is 2. The van der Waals surface area contributed by atoms with Crippen LogP contribution in [0.4, 0.5) is 5.69 Å². The highest BCUT2D eigenvalue weighted by Gasteiger charge is 2.30. The Hall–Kier alpha value is -3.41. The monoisotopic (exact) mass is 372 g/mol. The van der Waals surface area contributed by atoms with E-state index in [0.717, 1.165) is 28.4 Å². The lowest BCUT2D eigenvalue weighted by Gasteiger charge is -2.23. The molecule has 0 N–H and O–H groups in total. The second-order valence-electron chi connectivity index (χ2n) is 7.27. The second kappa shape index (κ2) is 6.05. The molecule has 140 valence electrons. The van der Waals surface area contributed by atoms with Crippen LogP contribution >= 0.6 is 0 Å². The number of aromatic nitrogens is 3. The van der Waals surface area contributed by atoms with Crippen LogP contribution in [0.25, 0.3) is 21.8 Å². The van der Waals surface area contributed by atoms with E-state index in [4.69, 9.17) is 0 Å². The predicted molar refractivity (Wildman–Crippen MR) is 110 cm³/mol. The van der Waals surface area contributed by atoms with E-state index in [1.165, 1.54) is 10.2 Å². The highest BCUT2D eigenvalue weighted by atomic mass is 16.2. The number of hydrogen-bond donors (Lipinski definition) is 0. The smallest absolute Gasteiger partial charge is 0.291 e. The van der Waals surface area contributed by atoms with E-state index in [-0.39, 0.29) is 11.5 Å². The van der Waals surface area contributed by atoms with Crippen molar-refractivity contribution >= 4 is 33.4 Å². The van der Waals surface area contributed by atoms with Gasteiger partial charge in [-0.3, -0.25) is 9.59 Å². The van der Waals surface area contributed by atoms with E-state index in [9.17, 15) is 9.59 Å². The van der Waals surface area contributed by atoms with Crippen molar-refractivity contribution in [3.8, 4) is 0 Å². The van der Waals surface area contributed by atoms with Gasteiger partial charge >= 0.3 is 0 Å². The molecule has 1 aliphatic rings. The van der Waals surface area contributed by atoms with Gasteiger partial charge in [0.25, 0.3) is 5.56 Å². The fourth-order valence-corrected chi connectivity index (χ4v) is 4.29. The molecule has 0 fully saturated rings. The number of aryl methyl sites for hydroxylation is 1. The number of anilines is 1. The number of carbonyl (C=O) groups excluding carboxylic acids is 1. The lowest BCUT2D eigenvalue weighted by atomic mass is 10.2. The third-order valence-corrected chi connectivity index (χ3v) is 5.70. The van der Waals surface area contributed by atoms with Crippen LogP contribution in [-0.2, 0) is 18.3 Å². The number of fused-ring (bicyclic) bond motifs is 4. The Bertz CT molecular complexity index is 1300. The van der Waals surface area contributed by atoms with E-state index < -0.39 is 6.04 Å². The summed E-state index contributed by atoms with van der Waals surface area (Å²) in [7, 11) is 1.63. The van der Waals surface area contributed by atoms with Crippen molar-refractivity contribution in [3.05, 3.63) is 70.6 Å². The summed E-state index contributed by atoms with van der Waals surface area (Å²) < 4.78 is 3.19. The van der Waals surface area contributed by atoms with Gasteiger partial charge in [0.15, 0.2) is 0 Å². The molecule has 0 spiro atoms. The number of rotatable bonds is 2. The van der Waals surface area contributed by atoms with E-state index in [1.54, 1.807) is 13.2 Å². The third kappa shape index (κ3) is 2.24. The van der Waals surface area contributed by atoms with Gasteiger partial charge in [-0.1, -0.05) is 36.4 Å². The zero-order valence-electron chi connectivity index (χ0n) is 15.8. The molecular formula is C22H20N4O2. The average Bonchev–Trinajstić information content (AvgIpc) is 3.29. The molecule has 0 aliphatic carbocycles. The van der Waals surface area contributed by atoms with Gasteiger partial charge in [0.2, 0.25) is 5.91 Å². The Labute approximate surface area is 161 Å². The molecule has 6 heteroatoms. The van der Waals surface area contributed by atoms with Crippen LogP contribution in [0.3, 0.4) is 0 Å². The molecule has 0 saturated heterocycles. The largest absolute Gasteiger partial charge is 0.324 e. The van der Waals surface area contributed by atoms with Gasteiger partial charge in [-0.2, -0.15) is 5.10 Å². The summed E-state index contributed by atoms with van der Waals surface area (Å²) >= 11 is 0. The maximum atomic E-state index is 13.5. The van der Waals surface area contributed by atoms with Gasteiger partial charge in [-0.05, 0) is 31.0 Å². The highest BCUT2D eigenvalue weighted by molar-refractivity contribution is 6.09. The van der Waals surface area contributed by atoms with Crippen molar-refractivity contribution in [3.63, 3.8) is 0 Å². The molecule has 5 rings (SSSR count). The molecule has 28 heavy (non-hydrogen) atoms. The fourth-order valence-electron chi connectivity index (χ4n) is 4.29. The first-order valence-electron chi connectivity index (χ1n) is 9.42. The third-order valence-electron chi connectivity index (χ3n) is 5.70. The van der Waals surface area contributed by atoms with Gasteiger partial charge in [-0.15, -0.1) is 0 Å². The van der Waals surface area contributed by atoms with Crippen molar-refractivity contribution in [1.82, 2.24) is 14.3 Å². The minimum Gasteiger partial charge on any atom is -0.324 e. The minimum atomic E-state index is -0.511. The summed E-state index contributed by atoms with van der Waals surface area (Å²) in [6, 6.07) is 15.3. The van der Waals surface area contributed by atoms with Crippen LogP contribution in [0, 0.1) is 0 Å². The molecule has 0 bridgehead atoms. The van der Waals surface area contributed by atoms with Gasteiger partial charge < -0.3 is 9.47 Å². The average molecular weight is 372 g/mol. The Morgan fingerprint density at radius 3 is 2.68 bits per heavy atom. The Morgan fingerprint density at radius 2 is 1.82 bits per heavy atom. The molecule has 1 atom stereocenters. The van der Waals surface area contributed by atoms with Gasteiger partial charge in [0, 0.05) is 30.1 Å². The summed E-state index contributed by atoms with van der Waals surface area (Å²) in [6.07, 6.45) is 2.56. The summed E-state index contributed by atoms with van der Waals surface area (Å²) in [5.41, 5.74) is 3.35. The molecule has 1 amide bonds. The first kappa shape index (κ1) is 16.7. The highest BCUT2D eigenvalue weighted by Crippen LogP contribution is 2.33. The van der Waals surface area contributed by atoms with Crippen LogP contribution < -0.4 is 10.5 Å². The van der Waals surface area contributed by atoms with Crippen LogP contribution in [0.5, 0.6) is 0 Å². The maximum absolute atomic E-state index is 13.5. The summed E-state index contributed by atoms with van der Waals surface area (Å²) in [5.74, 6) is -0.00790. The van der Waals surface area contributed by atoms with Crippen molar-refractivity contribution in [1.29, 1.82) is 0 Å². The summed E-state index contributed by atoms with van der Waals surface area (Å²) in [4.78, 5) is 28.2. The Morgan fingerprint density at radius 1 is 1.07 bits per heavy atom. The lowest BCUT2D eigenvalue weighted by Crippen LogP contribution is -2.35. The normalized spacial score (nSPS) is 14.6. The zero-order valence-corrected chi connectivity index (χ0v) is 15.8. The van der Waals surface area contributed by atoms with Crippen molar-refractivity contribution in [2.75, 3.05) is 11.4 Å². The topological polar surface area (TPSA) is 60.1 Å². The van der Waals surface area contributed by atoms with E-state index in [1.807, 2.05) is 58.9 Å². The van der Waals surface area contributed by atoms with Crippen LogP contribution in [0.2, 0.25) is 0 Å². The fraction of sp³-hybridized carbons (Fsp3) is 0.227. The SMILES string of the molecule is CC(C(=O)N1CCc2ccccc21)n1c2ccccc2c2cnn(C)c(=O)c21. The quantitative estimate of drug-likeness (QED) is 0.543. The standard InChI is InChI=1S/C22H20N4O2/c1-14(21(27)25-12-11-15-7-3-5-9-18(15)25)26-19-10-6-4-8-16(19)17-13-23-24(2)22(28)20(17)26/h3-10,13-14H,11-12H2,1-2H3. The number of nitrogens with zero attached hydrogens (tertiary/aromatic N) is 4. The number of carbonyl (C=O) groups is 1. The van der Waals surface area contributed by atoms with Gasteiger partial charge in [-0.25, -0.2) is 4.68 Å². The van der Waals surface area contributed by atoms with Gasteiger partial charge in [0.1, 0.15) is 11.6 Å². The van der Waals surface area contributed by atoms with Crippen molar-refractivity contribution < 1.29 is 4.79 Å². The number of para-hydroxylation sites is 2. The summed E-state index contributed by atoms with van der Waals surface area (Å²) in [6.45, 7) is 2.54. The first-order chi connectivity index (χ1) is 13.6. The molecular weight excluding hydrogens is 352 g/mol. The molecule has 0 radical (unpaired) electrons. The van der Waals surface area contributed by atoms with E-state index in [0.29, 0.717) is 12.1 Å². The molecule has 1 unspecified atom stereocenters. The van der Waals surface area contributed by atoms with Gasteiger partial charge in [0.05, 0.1) is 11.7 Å². The molecule has 2 aromatic carbocycles. The molecule has 6 nitrogen and oxygen atoms in total. The molecule has 4 aromatic rings. The van der Waals surface area contributed by atoms with Crippen molar-refractivity contribution in [2.45, 2.75) is 19.4 Å². The van der Waals surface area contributed by atoms with Crippen LogP contribution in [0.1, 0.15) is 18.5 Å². The molecule has 2 aromatic heterocycles. The lowest BCUT2D eigenvalue weighted by molar-refractivity contribution is -0.121. The van der Waals surface area contributed by atoms with E-state index in [2.05, 4.69) is 11.2 Å². The minimum absolute atomic E-state index is 0.00790. The first-order valence-corrected chi connectivity index (χ1v) is 9.42. The number of hydrogen-bond acceptors (Lipinski definition) is 3. The second-order valence-corrected chi connectivity index (χ2v) is 7.27. The van der Waals surface area contributed by atoms with Crippen LogP contribution in [0.15, 0.2) is 59.5 Å². The number of amides is 1. The maximum Gasteiger partial charge on any atom is 0.291 e. The summed E-state index contributed by atoms with van der Waals surface area (Å²) in [5, 5.41) is 5.89. The molecule has 3 heterocycles. The molecule has 1 aliphatic heterocycles. The molecule has 0 saturated carbocycles. The Kier molecular flexibility index (Phi) is 3.62. The predicted octanol–water partition coefficient (Wildman–Crippen LogP) is 3.04. The van der Waals surface area contributed by atoms with Crippen molar-refractivity contribution in [2.24, 2.45) is 7.05 Å². The van der Waals surface area contributed by atoms with Crippen LogP contribution in [-0.4, -0.2) is 26.8 Å².